The Labute approximate surface area is 191 Å². The number of rotatable bonds is 6. The largest absolute Gasteiger partial charge is 0.340 e. The first kappa shape index (κ1) is 22.6. The molecule has 0 aliphatic carbocycles. The van der Waals surface area contributed by atoms with Crippen molar-refractivity contribution in [3.05, 3.63) is 65.2 Å². The maximum absolute atomic E-state index is 12.9. The molecule has 0 spiro atoms. The summed E-state index contributed by atoms with van der Waals surface area (Å²) in [6.07, 6.45) is 0.482. The highest BCUT2D eigenvalue weighted by molar-refractivity contribution is 7.89. The normalized spacial score (nSPS) is 16.6. The van der Waals surface area contributed by atoms with Gasteiger partial charge in [0.15, 0.2) is 0 Å². The summed E-state index contributed by atoms with van der Waals surface area (Å²) >= 11 is 0. The van der Waals surface area contributed by atoms with Crippen LogP contribution in [0.5, 0.6) is 0 Å². The van der Waals surface area contributed by atoms with Crippen LogP contribution in [0.3, 0.4) is 0 Å². The summed E-state index contributed by atoms with van der Waals surface area (Å²) in [7, 11) is -3.83. The van der Waals surface area contributed by atoms with Crippen molar-refractivity contribution >= 4 is 27.7 Å². The quantitative estimate of drug-likeness (QED) is 0.595. The predicted molar refractivity (Wildman–Crippen MR) is 118 cm³/mol. The number of hydrogen-bond acceptors (Lipinski definition) is 6. The molecule has 0 aromatic heterocycles. The predicted octanol–water partition coefficient (Wildman–Crippen LogP) is 1.47. The van der Waals surface area contributed by atoms with E-state index in [0.29, 0.717) is 17.5 Å². The molecule has 1 saturated heterocycles. The number of imide groups is 1. The first-order valence-electron chi connectivity index (χ1n) is 10.6. The molecule has 0 N–H and O–H groups in total. The van der Waals surface area contributed by atoms with Crippen molar-refractivity contribution in [3.63, 3.8) is 0 Å². The molecule has 2 aromatic rings. The van der Waals surface area contributed by atoms with Gasteiger partial charge in [0, 0.05) is 39.1 Å². The van der Waals surface area contributed by atoms with Gasteiger partial charge in [-0.25, -0.2) is 8.42 Å². The summed E-state index contributed by atoms with van der Waals surface area (Å²) < 4.78 is 27.1. The van der Waals surface area contributed by atoms with Crippen molar-refractivity contribution in [3.8, 4) is 6.07 Å². The van der Waals surface area contributed by atoms with Gasteiger partial charge in [-0.2, -0.15) is 9.57 Å². The zero-order chi connectivity index (χ0) is 23.6. The van der Waals surface area contributed by atoms with E-state index in [1.807, 2.05) is 6.07 Å². The number of fused-ring (bicyclic) bond motifs is 1. The van der Waals surface area contributed by atoms with Crippen LogP contribution in [0, 0.1) is 11.3 Å². The molecule has 0 radical (unpaired) electrons. The molecule has 2 aromatic carbocycles. The van der Waals surface area contributed by atoms with Crippen molar-refractivity contribution in [2.45, 2.75) is 17.7 Å². The molecular formula is C23H22N4O5S. The van der Waals surface area contributed by atoms with Crippen LogP contribution in [0.25, 0.3) is 0 Å². The minimum Gasteiger partial charge on any atom is -0.340 e. The van der Waals surface area contributed by atoms with Gasteiger partial charge in [0.25, 0.3) is 11.8 Å². The molecular weight excluding hydrogens is 444 g/mol. The highest BCUT2D eigenvalue weighted by Crippen LogP contribution is 2.23. The summed E-state index contributed by atoms with van der Waals surface area (Å²) in [6.45, 7) is 0.884. The minimum atomic E-state index is -3.83. The molecule has 9 nitrogen and oxygen atoms in total. The van der Waals surface area contributed by atoms with Gasteiger partial charge < -0.3 is 4.90 Å². The van der Waals surface area contributed by atoms with Crippen molar-refractivity contribution in [1.29, 1.82) is 5.26 Å². The third-order valence-corrected chi connectivity index (χ3v) is 7.82. The fourth-order valence-electron chi connectivity index (χ4n) is 4.09. The van der Waals surface area contributed by atoms with Gasteiger partial charge in [0.05, 0.1) is 21.6 Å². The fourth-order valence-corrected chi connectivity index (χ4v) is 5.65. The van der Waals surface area contributed by atoms with Crippen LogP contribution in [-0.2, 0) is 14.8 Å². The fraction of sp³-hybridized carbons (Fsp3) is 0.304. The Morgan fingerprint density at radius 3 is 2.09 bits per heavy atom. The first-order valence-corrected chi connectivity index (χ1v) is 12.0. The van der Waals surface area contributed by atoms with Crippen LogP contribution in [0.2, 0.25) is 0 Å². The third kappa shape index (κ3) is 4.25. The summed E-state index contributed by atoms with van der Waals surface area (Å²) in [5.41, 5.74) is 0.845. The summed E-state index contributed by atoms with van der Waals surface area (Å²) in [4.78, 5) is 40.1. The lowest BCUT2D eigenvalue weighted by Crippen LogP contribution is -2.50. The van der Waals surface area contributed by atoms with Crippen LogP contribution in [0.1, 0.15) is 39.1 Å². The Morgan fingerprint density at radius 2 is 1.48 bits per heavy atom. The lowest BCUT2D eigenvalue weighted by atomic mass is 10.1. The van der Waals surface area contributed by atoms with E-state index < -0.39 is 10.0 Å². The minimum absolute atomic E-state index is 0.0341. The van der Waals surface area contributed by atoms with Crippen LogP contribution < -0.4 is 0 Å². The number of carbonyl (C=O) groups excluding carboxylic acids is 3. The van der Waals surface area contributed by atoms with E-state index in [9.17, 15) is 28.1 Å². The van der Waals surface area contributed by atoms with Crippen molar-refractivity contribution in [1.82, 2.24) is 14.1 Å². The summed E-state index contributed by atoms with van der Waals surface area (Å²) in [5.74, 6) is -0.847. The number of amides is 3. The molecule has 2 aliphatic heterocycles. The molecule has 0 saturated carbocycles. The highest BCUT2D eigenvalue weighted by atomic mass is 32.2. The van der Waals surface area contributed by atoms with E-state index in [4.69, 9.17) is 0 Å². The Hall–Kier alpha value is -3.55. The van der Waals surface area contributed by atoms with Gasteiger partial charge in [0.2, 0.25) is 15.9 Å². The Balaban J connectivity index is 1.29. The highest BCUT2D eigenvalue weighted by Gasteiger charge is 2.35. The van der Waals surface area contributed by atoms with Crippen molar-refractivity contribution in [2.75, 3.05) is 32.7 Å². The topological polar surface area (TPSA) is 119 Å². The Kier molecular flexibility index (Phi) is 6.26. The van der Waals surface area contributed by atoms with Crippen LogP contribution >= 0.6 is 0 Å². The lowest BCUT2D eigenvalue weighted by Gasteiger charge is -2.34. The zero-order valence-corrected chi connectivity index (χ0v) is 18.6. The number of nitrogens with zero attached hydrogens (tertiary/aromatic N) is 4. The smallest absolute Gasteiger partial charge is 0.261 e. The average Bonchev–Trinajstić information content (AvgIpc) is 3.09. The van der Waals surface area contributed by atoms with E-state index in [2.05, 4.69) is 0 Å². The second-order valence-electron chi connectivity index (χ2n) is 7.80. The van der Waals surface area contributed by atoms with E-state index >= 15 is 0 Å². The number of sulfonamides is 1. The first-order chi connectivity index (χ1) is 15.8. The van der Waals surface area contributed by atoms with Gasteiger partial charge in [0.1, 0.15) is 6.07 Å². The molecule has 4 rings (SSSR count). The van der Waals surface area contributed by atoms with Gasteiger partial charge in [-0.1, -0.05) is 24.3 Å². The number of nitriles is 1. The van der Waals surface area contributed by atoms with Gasteiger partial charge in [-0.15, -0.1) is 0 Å². The van der Waals surface area contributed by atoms with Crippen molar-refractivity contribution in [2.24, 2.45) is 0 Å². The van der Waals surface area contributed by atoms with E-state index in [-0.39, 0.29) is 67.3 Å². The molecule has 33 heavy (non-hydrogen) atoms. The third-order valence-electron chi connectivity index (χ3n) is 5.87. The Bertz CT molecular complexity index is 1220. The average molecular weight is 467 g/mol. The van der Waals surface area contributed by atoms with Gasteiger partial charge in [-0.3, -0.25) is 19.3 Å². The second-order valence-corrected chi connectivity index (χ2v) is 9.71. The summed E-state index contributed by atoms with van der Waals surface area (Å²) in [5, 5.41) is 9.21. The van der Waals surface area contributed by atoms with E-state index in [1.54, 1.807) is 41.3 Å². The number of carbonyl (C=O) groups is 3. The maximum atomic E-state index is 12.9. The Morgan fingerprint density at radius 1 is 0.909 bits per heavy atom. The van der Waals surface area contributed by atoms with Crippen LogP contribution in [-0.4, -0.2) is 73.0 Å². The molecule has 0 unspecified atom stereocenters. The van der Waals surface area contributed by atoms with Crippen molar-refractivity contribution < 1.29 is 22.8 Å². The molecule has 10 heteroatoms. The molecule has 3 amide bonds. The number of piperazine rings is 1. The monoisotopic (exact) mass is 466 g/mol. The molecule has 1 fully saturated rings. The van der Waals surface area contributed by atoms with Gasteiger partial charge in [-0.05, 0) is 30.7 Å². The number of hydrogen-bond donors (Lipinski definition) is 0. The zero-order valence-electron chi connectivity index (χ0n) is 17.8. The molecule has 0 bridgehead atoms. The van der Waals surface area contributed by atoms with Crippen LogP contribution in [0.4, 0.5) is 0 Å². The molecule has 2 aliphatic rings. The summed E-state index contributed by atoms with van der Waals surface area (Å²) in [6, 6.07) is 14.6. The molecule has 0 atom stereocenters. The standard InChI is InChI=1S/C23H22N4O5S/c24-16-17-6-1-4-9-20(17)33(31,32)26-14-12-25(13-15-26)21(28)10-5-11-27-22(29)18-7-2-3-8-19(18)23(27)30/h1-4,6-9H,5,10-15H2. The SMILES string of the molecule is N#Cc1ccccc1S(=O)(=O)N1CCN(C(=O)CCCN2C(=O)c3ccccc3C2=O)CC1. The lowest BCUT2D eigenvalue weighted by molar-refractivity contribution is -0.132. The second kappa shape index (κ2) is 9.13. The number of benzene rings is 2. The van der Waals surface area contributed by atoms with Gasteiger partial charge >= 0.3 is 0 Å². The van der Waals surface area contributed by atoms with E-state index in [0.717, 1.165) is 4.90 Å². The maximum Gasteiger partial charge on any atom is 0.261 e. The molecule has 2 heterocycles. The van der Waals surface area contributed by atoms with Crippen LogP contribution in [0.15, 0.2) is 53.4 Å². The molecule has 170 valence electrons. The van der Waals surface area contributed by atoms with E-state index in [1.165, 1.54) is 16.4 Å².